The van der Waals surface area contributed by atoms with Crippen molar-refractivity contribution in [2.75, 3.05) is 12.0 Å². The van der Waals surface area contributed by atoms with Crippen LogP contribution >= 0.6 is 0 Å². The number of amides is 1. The first-order valence-electron chi connectivity index (χ1n) is 10.4. The van der Waals surface area contributed by atoms with E-state index in [4.69, 9.17) is 4.74 Å². The molecule has 0 saturated carbocycles. The summed E-state index contributed by atoms with van der Waals surface area (Å²) >= 11 is 0. The minimum Gasteiger partial charge on any atom is -0.507 e. The lowest BCUT2D eigenvalue weighted by atomic mass is 9.94. The zero-order valence-electron chi connectivity index (χ0n) is 18.6. The molecule has 1 fully saturated rings. The van der Waals surface area contributed by atoms with E-state index in [-0.39, 0.29) is 22.4 Å². The number of ether oxygens (including phenoxy) is 1. The maximum Gasteiger partial charge on any atom is 0.416 e. The van der Waals surface area contributed by atoms with Crippen LogP contribution in [0, 0.1) is 12.7 Å². The predicted molar refractivity (Wildman–Crippen MR) is 120 cm³/mol. The average molecular weight is 485 g/mol. The molecular formula is C26H19F4NO4. The summed E-state index contributed by atoms with van der Waals surface area (Å²) in [6.07, 6.45) is -4.58. The summed E-state index contributed by atoms with van der Waals surface area (Å²) in [5.74, 6) is -2.71. The predicted octanol–water partition coefficient (Wildman–Crippen LogP) is 5.79. The molecule has 1 N–H and O–H groups in total. The first-order valence-corrected chi connectivity index (χ1v) is 10.4. The molecule has 3 aromatic rings. The zero-order chi connectivity index (χ0) is 25.5. The van der Waals surface area contributed by atoms with E-state index in [0.717, 1.165) is 35.2 Å². The number of halogens is 4. The molecule has 35 heavy (non-hydrogen) atoms. The highest BCUT2D eigenvalue weighted by molar-refractivity contribution is 6.51. The number of anilines is 1. The number of Topliss-reactive ketones (excluding diaryl/α,β-unsaturated/α-hetero) is 1. The fourth-order valence-electron chi connectivity index (χ4n) is 3.98. The number of alkyl halides is 3. The van der Waals surface area contributed by atoms with E-state index >= 15 is 0 Å². The van der Waals surface area contributed by atoms with Gasteiger partial charge < -0.3 is 9.84 Å². The van der Waals surface area contributed by atoms with E-state index in [9.17, 15) is 32.3 Å². The van der Waals surface area contributed by atoms with E-state index in [1.165, 1.54) is 26.2 Å². The highest BCUT2D eigenvalue weighted by Gasteiger charge is 2.47. The van der Waals surface area contributed by atoms with Crippen LogP contribution in [-0.2, 0) is 15.8 Å². The quantitative estimate of drug-likeness (QED) is 0.220. The summed E-state index contributed by atoms with van der Waals surface area (Å²) in [6.45, 7) is 1.48. The second kappa shape index (κ2) is 8.90. The van der Waals surface area contributed by atoms with Crippen LogP contribution in [0.1, 0.15) is 28.3 Å². The minimum atomic E-state index is -4.58. The summed E-state index contributed by atoms with van der Waals surface area (Å²) in [5.41, 5.74) is -0.469. The molecule has 9 heteroatoms. The molecular weight excluding hydrogens is 466 g/mol. The minimum absolute atomic E-state index is 0.0299. The number of aliphatic hydroxyl groups is 1. The van der Waals surface area contributed by atoms with Gasteiger partial charge in [-0.05, 0) is 72.6 Å². The second-order valence-corrected chi connectivity index (χ2v) is 7.95. The van der Waals surface area contributed by atoms with Gasteiger partial charge in [-0.1, -0.05) is 12.1 Å². The summed E-state index contributed by atoms with van der Waals surface area (Å²) in [6, 6.07) is 12.7. The van der Waals surface area contributed by atoms with Gasteiger partial charge in [-0.25, -0.2) is 4.39 Å². The number of aryl methyl sites for hydroxylation is 1. The van der Waals surface area contributed by atoms with Crippen molar-refractivity contribution in [3.8, 4) is 5.75 Å². The van der Waals surface area contributed by atoms with E-state index in [2.05, 4.69) is 0 Å². The Morgan fingerprint density at radius 2 is 1.69 bits per heavy atom. The first kappa shape index (κ1) is 24.0. The molecule has 5 nitrogen and oxygen atoms in total. The molecule has 1 unspecified atom stereocenters. The topological polar surface area (TPSA) is 66.8 Å². The van der Waals surface area contributed by atoms with Crippen LogP contribution in [0.5, 0.6) is 5.75 Å². The largest absolute Gasteiger partial charge is 0.507 e. The molecule has 3 aromatic carbocycles. The Hall–Kier alpha value is -4.14. The molecule has 0 spiro atoms. The summed E-state index contributed by atoms with van der Waals surface area (Å²) in [4.78, 5) is 27.3. The summed E-state index contributed by atoms with van der Waals surface area (Å²) in [7, 11) is 1.42. The smallest absolute Gasteiger partial charge is 0.416 e. The number of benzene rings is 3. The normalized spacial score (nSPS) is 17.7. The lowest BCUT2D eigenvalue weighted by Gasteiger charge is -2.26. The van der Waals surface area contributed by atoms with E-state index in [1.54, 1.807) is 24.3 Å². The van der Waals surface area contributed by atoms with E-state index in [1.807, 2.05) is 0 Å². The SMILES string of the molecule is COc1cccc(C2/C(=C(/O)c3ccc(F)c(C)c3)C(=O)C(=O)N2c2ccc(C(F)(F)F)cc2)c1. The van der Waals surface area contributed by atoms with Crippen molar-refractivity contribution in [2.24, 2.45) is 0 Å². The lowest BCUT2D eigenvalue weighted by Crippen LogP contribution is -2.29. The van der Waals surface area contributed by atoms with Gasteiger partial charge in [-0.3, -0.25) is 14.5 Å². The van der Waals surface area contributed by atoms with Crippen LogP contribution in [0.4, 0.5) is 23.2 Å². The maximum atomic E-state index is 13.8. The molecule has 0 bridgehead atoms. The number of hydrogen-bond acceptors (Lipinski definition) is 4. The Labute approximate surface area is 197 Å². The molecule has 0 radical (unpaired) electrons. The van der Waals surface area contributed by atoms with Crippen LogP contribution in [0.15, 0.2) is 72.3 Å². The zero-order valence-corrected chi connectivity index (χ0v) is 18.6. The van der Waals surface area contributed by atoms with Gasteiger partial charge in [-0.15, -0.1) is 0 Å². The Morgan fingerprint density at radius 3 is 2.29 bits per heavy atom. The van der Waals surface area contributed by atoms with Crippen LogP contribution in [0.25, 0.3) is 5.76 Å². The van der Waals surface area contributed by atoms with E-state index < -0.39 is 41.0 Å². The van der Waals surface area contributed by atoms with Crippen molar-refractivity contribution in [1.82, 2.24) is 0 Å². The molecule has 1 atom stereocenters. The molecule has 1 saturated heterocycles. The summed E-state index contributed by atoms with van der Waals surface area (Å²) in [5, 5.41) is 11.1. The summed E-state index contributed by atoms with van der Waals surface area (Å²) < 4.78 is 58.2. The molecule has 0 aromatic heterocycles. The molecule has 1 aliphatic rings. The molecule has 4 rings (SSSR count). The van der Waals surface area contributed by atoms with Gasteiger partial charge in [0, 0.05) is 11.3 Å². The van der Waals surface area contributed by atoms with Gasteiger partial charge in [0.15, 0.2) is 0 Å². The van der Waals surface area contributed by atoms with Crippen LogP contribution in [0.2, 0.25) is 0 Å². The van der Waals surface area contributed by atoms with Crippen molar-refractivity contribution in [3.63, 3.8) is 0 Å². The van der Waals surface area contributed by atoms with Crippen LogP contribution in [-0.4, -0.2) is 23.9 Å². The highest BCUT2D eigenvalue weighted by atomic mass is 19.4. The number of methoxy groups -OCH3 is 1. The monoisotopic (exact) mass is 485 g/mol. The van der Waals surface area contributed by atoms with Gasteiger partial charge in [0.05, 0.1) is 24.3 Å². The fraction of sp³-hybridized carbons (Fsp3) is 0.154. The highest BCUT2D eigenvalue weighted by Crippen LogP contribution is 2.43. The van der Waals surface area contributed by atoms with Crippen LogP contribution < -0.4 is 9.64 Å². The Balaban J connectivity index is 1.93. The van der Waals surface area contributed by atoms with Crippen molar-refractivity contribution >= 4 is 23.1 Å². The second-order valence-electron chi connectivity index (χ2n) is 7.95. The van der Waals surface area contributed by atoms with Gasteiger partial charge >= 0.3 is 6.18 Å². The van der Waals surface area contributed by atoms with Crippen molar-refractivity contribution < 1.29 is 37.0 Å². The lowest BCUT2D eigenvalue weighted by molar-refractivity contribution is -0.137. The number of ketones is 1. The maximum absolute atomic E-state index is 13.8. The first-order chi connectivity index (χ1) is 16.5. The van der Waals surface area contributed by atoms with Crippen LogP contribution in [0.3, 0.4) is 0 Å². The van der Waals surface area contributed by atoms with Crippen molar-refractivity contribution in [3.05, 3.63) is 100 Å². The molecule has 1 amide bonds. The molecule has 1 heterocycles. The average Bonchev–Trinajstić information content (AvgIpc) is 3.10. The Kier molecular flexibility index (Phi) is 6.10. The number of carbonyl (C=O) groups is 2. The Bertz CT molecular complexity index is 1350. The van der Waals surface area contributed by atoms with Gasteiger partial charge in [-0.2, -0.15) is 13.2 Å². The number of hydrogen-bond donors (Lipinski definition) is 1. The van der Waals surface area contributed by atoms with Gasteiger partial charge in [0.25, 0.3) is 11.7 Å². The third-order valence-corrected chi connectivity index (χ3v) is 5.76. The van der Waals surface area contributed by atoms with Gasteiger partial charge in [0.1, 0.15) is 17.3 Å². The van der Waals surface area contributed by atoms with Crippen molar-refractivity contribution in [1.29, 1.82) is 0 Å². The Morgan fingerprint density at radius 1 is 1.00 bits per heavy atom. The number of nitrogens with zero attached hydrogens (tertiary/aromatic N) is 1. The third kappa shape index (κ3) is 4.37. The standard InChI is InChI=1S/C26H19F4NO4/c1-14-12-16(6-11-20(14)27)23(32)21-22(15-4-3-5-19(13-15)35-2)31(25(34)24(21)33)18-9-7-17(8-10-18)26(28,29)30/h3-13,22,32H,1-2H3/b23-21-. The number of rotatable bonds is 4. The molecule has 180 valence electrons. The number of aliphatic hydroxyl groups excluding tert-OH is 1. The van der Waals surface area contributed by atoms with Gasteiger partial charge in [0.2, 0.25) is 0 Å². The third-order valence-electron chi connectivity index (χ3n) is 5.76. The fourth-order valence-corrected chi connectivity index (χ4v) is 3.98. The molecule has 1 aliphatic heterocycles. The molecule has 0 aliphatic carbocycles. The number of carbonyl (C=O) groups excluding carboxylic acids is 2. The van der Waals surface area contributed by atoms with Crippen molar-refractivity contribution in [2.45, 2.75) is 19.1 Å². The van der Waals surface area contributed by atoms with E-state index in [0.29, 0.717) is 11.3 Å².